The maximum atomic E-state index is 11.8. The van der Waals surface area contributed by atoms with E-state index < -0.39 is 0 Å². The second-order valence-corrected chi connectivity index (χ2v) is 6.55. The topological polar surface area (TPSA) is 69.6 Å². The summed E-state index contributed by atoms with van der Waals surface area (Å²) < 4.78 is 0. The molecule has 1 unspecified atom stereocenters. The Morgan fingerprint density at radius 2 is 2.30 bits per heavy atom. The number of nitrogens with zero attached hydrogens (tertiary/aromatic N) is 3. The van der Waals surface area contributed by atoms with Crippen LogP contribution in [0.4, 0.5) is 0 Å². The number of amides is 1. The van der Waals surface area contributed by atoms with E-state index >= 15 is 0 Å². The number of aryl methyl sites for hydroxylation is 1. The molecule has 1 aromatic rings. The van der Waals surface area contributed by atoms with Crippen LogP contribution in [0.5, 0.6) is 0 Å². The molecule has 0 radical (unpaired) electrons. The Balaban J connectivity index is 1.90. The van der Waals surface area contributed by atoms with E-state index in [1.54, 1.807) is 11.3 Å². The van der Waals surface area contributed by atoms with Gasteiger partial charge >= 0.3 is 0 Å². The van der Waals surface area contributed by atoms with Crippen molar-refractivity contribution in [2.24, 2.45) is 4.99 Å². The lowest BCUT2D eigenvalue weighted by molar-refractivity contribution is -0.129. The van der Waals surface area contributed by atoms with Gasteiger partial charge in [0.05, 0.1) is 17.2 Å². The number of nitrogens with one attached hydrogen (secondary N) is 2. The third kappa shape index (κ3) is 5.20. The molecular weight excluding hydrogens is 310 g/mol. The fraction of sp³-hybridized carbons (Fsp3) is 0.688. The summed E-state index contributed by atoms with van der Waals surface area (Å²) in [6.07, 6.45) is 2.51. The highest BCUT2D eigenvalue weighted by atomic mass is 32.1. The van der Waals surface area contributed by atoms with E-state index in [1.165, 1.54) is 0 Å². The van der Waals surface area contributed by atoms with Gasteiger partial charge in [0.15, 0.2) is 5.96 Å². The van der Waals surface area contributed by atoms with Crippen LogP contribution in [-0.4, -0.2) is 47.4 Å². The molecule has 1 saturated heterocycles. The molecule has 128 valence electrons. The minimum atomic E-state index is 0.228. The highest BCUT2D eigenvalue weighted by Gasteiger charge is 2.25. The molecule has 0 spiro atoms. The predicted molar refractivity (Wildman–Crippen MR) is 94.7 cm³/mol. The van der Waals surface area contributed by atoms with Crippen LogP contribution >= 0.6 is 11.3 Å². The van der Waals surface area contributed by atoms with Gasteiger partial charge in [0.1, 0.15) is 0 Å². The highest BCUT2D eigenvalue weighted by molar-refractivity contribution is 7.09. The van der Waals surface area contributed by atoms with E-state index in [-0.39, 0.29) is 11.9 Å². The molecule has 0 saturated carbocycles. The number of aromatic nitrogens is 1. The molecule has 2 N–H and O–H groups in total. The van der Waals surface area contributed by atoms with Gasteiger partial charge < -0.3 is 15.5 Å². The maximum Gasteiger partial charge on any atom is 0.222 e. The smallest absolute Gasteiger partial charge is 0.222 e. The zero-order valence-electron chi connectivity index (χ0n) is 14.3. The summed E-state index contributed by atoms with van der Waals surface area (Å²) in [5, 5.41) is 9.93. The third-order valence-electron chi connectivity index (χ3n) is 3.83. The molecule has 7 heteroatoms. The van der Waals surface area contributed by atoms with Crippen molar-refractivity contribution in [3.8, 4) is 0 Å². The summed E-state index contributed by atoms with van der Waals surface area (Å²) in [6.45, 7) is 9.05. The monoisotopic (exact) mass is 337 g/mol. The number of hydrogen-bond acceptors (Lipinski definition) is 4. The number of thiazole rings is 1. The van der Waals surface area contributed by atoms with Crippen molar-refractivity contribution in [1.82, 2.24) is 20.5 Å². The van der Waals surface area contributed by atoms with Crippen LogP contribution in [0.2, 0.25) is 0 Å². The van der Waals surface area contributed by atoms with Crippen LogP contribution in [0, 0.1) is 0 Å². The number of aliphatic imine (C=N–C) groups is 1. The van der Waals surface area contributed by atoms with E-state index in [1.807, 2.05) is 11.8 Å². The van der Waals surface area contributed by atoms with Gasteiger partial charge in [-0.25, -0.2) is 9.98 Å². The molecule has 1 aromatic heterocycles. The normalized spacial score (nSPS) is 18.3. The average Bonchev–Trinajstić information content (AvgIpc) is 3.21. The van der Waals surface area contributed by atoms with Crippen LogP contribution in [0.15, 0.2) is 10.4 Å². The first kappa shape index (κ1) is 17.7. The lowest BCUT2D eigenvalue weighted by Crippen LogP contribution is -2.45. The highest BCUT2D eigenvalue weighted by Crippen LogP contribution is 2.12. The number of guanidine groups is 1. The van der Waals surface area contributed by atoms with Crippen LogP contribution in [0.3, 0.4) is 0 Å². The molecule has 1 fully saturated rings. The van der Waals surface area contributed by atoms with Gasteiger partial charge in [-0.3, -0.25) is 4.79 Å². The Morgan fingerprint density at radius 3 is 2.96 bits per heavy atom. The zero-order chi connectivity index (χ0) is 16.7. The van der Waals surface area contributed by atoms with Crippen LogP contribution in [-0.2, 0) is 17.8 Å². The van der Waals surface area contributed by atoms with Crippen molar-refractivity contribution in [2.75, 3.05) is 19.6 Å². The van der Waals surface area contributed by atoms with Crippen LogP contribution in [0.25, 0.3) is 0 Å². The van der Waals surface area contributed by atoms with Crippen molar-refractivity contribution in [3.05, 3.63) is 16.1 Å². The van der Waals surface area contributed by atoms with Crippen molar-refractivity contribution in [3.63, 3.8) is 0 Å². The van der Waals surface area contributed by atoms with E-state index in [9.17, 15) is 4.79 Å². The summed E-state index contributed by atoms with van der Waals surface area (Å²) in [4.78, 5) is 22.8. The minimum Gasteiger partial charge on any atom is -0.357 e. The van der Waals surface area contributed by atoms with Crippen molar-refractivity contribution < 1.29 is 4.79 Å². The Kier molecular flexibility index (Phi) is 6.83. The summed E-state index contributed by atoms with van der Waals surface area (Å²) in [5.74, 6) is 1.03. The number of rotatable bonds is 6. The number of likely N-dealkylation sites (tertiary alicyclic amines) is 1. The Labute approximate surface area is 142 Å². The summed E-state index contributed by atoms with van der Waals surface area (Å²) in [7, 11) is 0. The second-order valence-electron chi connectivity index (χ2n) is 5.60. The molecule has 2 rings (SSSR count). The second kappa shape index (κ2) is 8.86. The van der Waals surface area contributed by atoms with E-state index in [0.29, 0.717) is 13.0 Å². The molecule has 1 aliphatic rings. The molecule has 0 aliphatic carbocycles. The summed E-state index contributed by atoms with van der Waals surface area (Å²) in [5.41, 5.74) is 1.01. The number of carbonyl (C=O) groups is 1. The minimum absolute atomic E-state index is 0.228. The SMILES string of the molecule is CCNC(=NCc1csc(CC)n1)NC1CCN(C(=O)CC)C1. The maximum absolute atomic E-state index is 11.8. The van der Waals surface area contributed by atoms with Gasteiger partial charge in [-0.1, -0.05) is 13.8 Å². The number of carbonyl (C=O) groups excluding carboxylic acids is 1. The molecule has 1 amide bonds. The Hall–Kier alpha value is -1.63. The predicted octanol–water partition coefficient (Wildman–Crippen LogP) is 1.77. The quantitative estimate of drug-likeness (QED) is 0.613. The molecular formula is C16H27N5OS. The fourth-order valence-electron chi connectivity index (χ4n) is 2.59. The standard InChI is InChI=1S/C16H27N5OS/c1-4-14-19-13(11-23-14)9-18-16(17-6-3)20-12-7-8-21(10-12)15(22)5-2/h11-12H,4-10H2,1-3H3,(H2,17,18,20). The Bertz CT molecular complexity index is 542. The largest absolute Gasteiger partial charge is 0.357 e. The summed E-state index contributed by atoms with van der Waals surface area (Å²) >= 11 is 1.69. The van der Waals surface area contributed by atoms with Gasteiger partial charge in [-0.2, -0.15) is 0 Å². The van der Waals surface area contributed by atoms with Gasteiger partial charge in [-0.05, 0) is 19.8 Å². The molecule has 2 heterocycles. The molecule has 6 nitrogen and oxygen atoms in total. The van der Waals surface area contributed by atoms with E-state index in [4.69, 9.17) is 0 Å². The molecule has 1 atom stereocenters. The molecule has 0 aromatic carbocycles. The lowest BCUT2D eigenvalue weighted by Gasteiger charge is -2.18. The van der Waals surface area contributed by atoms with Crippen molar-refractivity contribution in [2.45, 2.75) is 52.6 Å². The zero-order valence-corrected chi connectivity index (χ0v) is 15.1. The van der Waals surface area contributed by atoms with Crippen LogP contribution < -0.4 is 10.6 Å². The summed E-state index contributed by atoms with van der Waals surface area (Å²) in [6, 6.07) is 0.268. The first-order valence-corrected chi connectivity index (χ1v) is 9.30. The van der Waals surface area contributed by atoms with E-state index in [0.717, 1.165) is 49.1 Å². The van der Waals surface area contributed by atoms with Crippen molar-refractivity contribution >= 4 is 23.2 Å². The third-order valence-corrected chi connectivity index (χ3v) is 4.87. The first-order chi connectivity index (χ1) is 11.2. The van der Waals surface area contributed by atoms with Gasteiger partial charge in [0, 0.05) is 37.5 Å². The first-order valence-electron chi connectivity index (χ1n) is 8.42. The van der Waals surface area contributed by atoms with Crippen LogP contribution in [0.1, 0.15) is 44.3 Å². The van der Waals surface area contributed by atoms with Crippen molar-refractivity contribution in [1.29, 1.82) is 0 Å². The number of hydrogen-bond donors (Lipinski definition) is 2. The molecule has 0 bridgehead atoms. The van der Waals surface area contributed by atoms with Gasteiger partial charge in [-0.15, -0.1) is 11.3 Å². The van der Waals surface area contributed by atoms with Gasteiger partial charge in [0.2, 0.25) is 5.91 Å². The fourth-order valence-corrected chi connectivity index (χ4v) is 3.32. The van der Waals surface area contributed by atoms with E-state index in [2.05, 4.69) is 39.8 Å². The Morgan fingerprint density at radius 1 is 1.48 bits per heavy atom. The molecule has 1 aliphatic heterocycles. The lowest BCUT2D eigenvalue weighted by atomic mass is 10.3. The molecule has 23 heavy (non-hydrogen) atoms. The average molecular weight is 337 g/mol. The van der Waals surface area contributed by atoms with Gasteiger partial charge in [0.25, 0.3) is 0 Å².